The summed E-state index contributed by atoms with van der Waals surface area (Å²) in [6.07, 6.45) is -5.25. The van der Waals surface area contributed by atoms with E-state index in [1.165, 1.54) is 0 Å². The van der Waals surface area contributed by atoms with Crippen molar-refractivity contribution in [2.24, 2.45) is 10.7 Å². The third-order valence-electron chi connectivity index (χ3n) is 1.73. The Morgan fingerprint density at radius 2 is 2.15 bits per heavy atom. The minimum Gasteiger partial charge on any atom is -0.454 e. The van der Waals surface area contributed by atoms with Crippen molar-refractivity contribution in [2.45, 2.75) is 24.5 Å². The summed E-state index contributed by atoms with van der Waals surface area (Å²) in [5.41, 5.74) is 5.11. The lowest BCUT2D eigenvalue weighted by Gasteiger charge is -2.22. The first kappa shape index (κ1) is 10.2. The van der Waals surface area contributed by atoms with Crippen LogP contribution in [0.25, 0.3) is 0 Å². The molecule has 1 aliphatic heterocycles. The molecule has 0 radical (unpaired) electrons. The van der Waals surface area contributed by atoms with Gasteiger partial charge in [-0.1, -0.05) is 0 Å². The van der Waals surface area contributed by atoms with Gasteiger partial charge in [0.25, 0.3) is 6.02 Å². The van der Waals surface area contributed by atoms with Crippen LogP contribution in [0.1, 0.15) is 0 Å². The molecule has 13 heavy (non-hydrogen) atoms. The predicted molar refractivity (Wildman–Crippen MR) is 41.6 cm³/mol. The Kier molecular flexibility index (Phi) is 3.04. The first-order chi connectivity index (χ1) is 6.06. The lowest BCUT2D eigenvalue weighted by molar-refractivity contribution is -0.0958. The van der Waals surface area contributed by atoms with Crippen LogP contribution in [0.5, 0.6) is 0 Å². The van der Waals surface area contributed by atoms with Crippen molar-refractivity contribution in [3.05, 3.63) is 0 Å². The molecule has 0 saturated carbocycles. The Morgan fingerprint density at radius 3 is 2.54 bits per heavy atom. The van der Waals surface area contributed by atoms with E-state index in [9.17, 15) is 5.11 Å². The fraction of sp³-hybridized carbons (Fsp3) is 0.833. The van der Waals surface area contributed by atoms with Gasteiger partial charge < -0.3 is 30.9 Å². The van der Waals surface area contributed by atoms with E-state index in [0.29, 0.717) is 0 Å². The molecule has 1 heterocycles. The van der Waals surface area contributed by atoms with Crippen molar-refractivity contribution in [1.29, 1.82) is 0 Å². The van der Waals surface area contributed by atoms with E-state index in [-0.39, 0.29) is 6.02 Å². The fourth-order valence-corrected chi connectivity index (χ4v) is 1.01. The molecule has 0 aliphatic carbocycles. The van der Waals surface area contributed by atoms with Gasteiger partial charge in [-0.15, -0.1) is 0 Å². The van der Waals surface area contributed by atoms with Crippen LogP contribution >= 0.6 is 0 Å². The van der Waals surface area contributed by atoms with E-state index < -0.39 is 31.1 Å². The summed E-state index contributed by atoms with van der Waals surface area (Å²) in [6, 6.07) is -0.248. The van der Waals surface area contributed by atoms with Gasteiger partial charge in [0, 0.05) is 0 Å². The molecule has 6 N–H and O–H groups in total. The van der Waals surface area contributed by atoms with Crippen LogP contribution in [0.4, 0.5) is 0 Å². The maximum Gasteiger partial charge on any atom is 0.285 e. The van der Waals surface area contributed by atoms with Gasteiger partial charge in [-0.25, -0.2) is 4.99 Å². The molecule has 1 rings (SSSR count). The number of ether oxygens (including phenoxy) is 1. The van der Waals surface area contributed by atoms with Crippen LogP contribution in [-0.4, -0.2) is 57.6 Å². The zero-order valence-corrected chi connectivity index (χ0v) is 6.74. The van der Waals surface area contributed by atoms with E-state index in [0.717, 1.165) is 0 Å². The SMILES string of the molecule is NC1=N[C@H](O)[C@H]([C@H](O)[C@H](O)CO)O1. The zero-order valence-electron chi connectivity index (χ0n) is 6.74. The summed E-state index contributed by atoms with van der Waals surface area (Å²) >= 11 is 0. The highest BCUT2D eigenvalue weighted by Gasteiger charge is 2.37. The van der Waals surface area contributed by atoms with Crippen molar-refractivity contribution >= 4 is 6.02 Å². The average molecular weight is 192 g/mol. The first-order valence-corrected chi connectivity index (χ1v) is 3.71. The highest BCUT2D eigenvalue weighted by molar-refractivity contribution is 5.73. The first-order valence-electron chi connectivity index (χ1n) is 3.71. The predicted octanol–water partition coefficient (Wildman–Crippen LogP) is -3.27. The average Bonchev–Trinajstić information content (AvgIpc) is 2.42. The van der Waals surface area contributed by atoms with Crippen LogP contribution in [0.15, 0.2) is 4.99 Å². The zero-order chi connectivity index (χ0) is 10.0. The number of aliphatic imine (C=N–C) groups is 1. The number of hydrogen-bond acceptors (Lipinski definition) is 7. The van der Waals surface area contributed by atoms with Gasteiger partial charge in [0.2, 0.25) is 0 Å². The molecular formula is C6H12N2O5. The maximum atomic E-state index is 9.28. The standard InChI is InChI=1S/C6H12N2O5/c7-6-8-5(12)4(13-6)3(11)2(10)1-9/h2-5,9-12H,1H2,(H2,7,8)/t2-,3-,4+,5-/m1/s1. The molecule has 0 unspecified atom stereocenters. The molecule has 7 nitrogen and oxygen atoms in total. The van der Waals surface area contributed by atoms with Crippen LogP contribution in [0.2, 0.25) is 0 Å². The third-order valence-corrected chi connectivity index (χ3v) is 1.73. The molecule has 7 heteroatoms. The Balaban J connectivity index is 2.55. The summed E-state index contributed by atoms with van der Waals surface area (Å²) in [5, 5.41) is 35.9. The van der Waals surface area contributed by atoms with Gasteiger partial charge in [-0.3, -0.25) is 0 Å². The number of aliphatic hydroxyl groups excluding tert-OH is 4. The molecule has 0 spiro atoms. The van der Waals surface area contributed by atoms with Crippen LogP contribution in [-0.2, 0) is 4.74 Å². The maximum absolute atomic E-state index is 9.28. The molecular weight excluding hydrogens is 180 g/mol. The van der Waals surface area contributed by atoms with Gasteiger partial charge in [-0.05, 0) is 0 Å². The van der Waals surface area contributed by atoms with E-state index >= 15 is 0 Å². The van der Waals surface area contributed by atoms with Crippen LogP contribution < -0.4 is 5.73 Å². The number of nitrogens with zero attached hydrogens (tertiary/aromatic N) is 1. The third kappa shape index (κ3) is 2.07. The van der Waals surface area contributed by atoms with Crippen molar-refractivity contribution in [1.82, 2.24) is 0 Å². The number of nitrogens with two attached hydrogens (primary N) is 1. The van der Waals surface area contributed by atoms with E-state index in [1.54, 1.807) is 0 Å². The van der Waals surface area contributed by atoms with Gasteiger partial charge in [-0.2, -0.15) is 0 Å². The van der Waals surface area contributed by atoms with Crippen molar-refractivity contribution < 1.29 is 25.2 Å². The van der Waals surface area contributed by atoms with Gasteiger partial charge >= 0.3 is 0 Å². The summed E-state index contributed by atoms with van der Waals surface area (Å²) in [5.74, 6) is 0. The highest BCUT2D eigenvalue weighted by Crippen LogP contribution is 2.15. The number of amidine groups is 1. The van der Waals surface area contributed by atoms with Crippen molar-refractivity contribution in [3.63, 3.8) is 0 Å². The molecule has 0 aromatic carbocycles. The molecule has 0 aromatic rings. The Hall–Kier alpha value is -0.890. The smallest absolute Gasteiger partial charge is 0.285 e. The quantitative estimate of drug-likeness (QED) is 0.319. The van der Waals surface area contributed by atoms with E-state index in [1.807, 2.05) is 0 Å². The minimum atomic E-state index is -1.43. The Morgan fingerprint density at radius 1 is 1.54 bits per heavy atom. The van der Waals surface area contributed by atoms with Crippen molar-refractivity contribution in [2.75, 3.05) is 6.61 Å². The molecule has 0 bridgehead atoms. The molecule has 0 saturated heterocycles. The second-order valence-electron chi connectivity index (χ2n) is 2.70. The minimum absolute atomic E-state index is 0.248. The normalized spacial score (nSPS) is 32.2. The highest BCUT2D eigenvalue weighted by atomic mass is 16.5. The van der Waals surface area contributed by atoms with E-state index in [4.69, 9.17) is 25.8 Å². The summed E-state index contributed by atoms with van der Waals surface area (Å²) < 4.78 is 4.71. The van der Waals surface area contributed by atoms with Gasteiger partial charge in [0.15, 0.2) is 12.3 Å². The topological polar surface area (TPSA) is 129 Å². The van der Waals surface area contributed by atoms with Crippen LogP contribution in [0.3, 0.4) is 0 Å². The monoisotopic (exact) mass is 192 g/mol. The summed E-state index contributed by atoms with van der Waals surface area (Å²) in [4.78, 5) is 3.38. The molecule has 76 valence electrons. The van der Waals surface area contributed by atoms with Crippen molar-refractivity contribution in [3.8, 4) is 0 Å². The van der Waals surface area contributed by atoms with Gasteiger partial charge in [0.05, 0.1) is 6.61 Å². The summed E-state index contributed by atoms with van der Waals surface area (Å²) in [7, 11) is 0. The number of aliphatic hydroxyl groups is 4. The lowest BCUT2D eigenvalue weighted by Crippen LogP contribution is -2.45. The largest absolute Gasteiger partial charge is 0.454 e. The number of rotatable bonds is 3. The second-order valence-corrected chi connectivity index (χ2v) is 2.70. The van der Waals surface area contributed by atoms with Gasteiger partial charge in [0.1, 0.15) is 12.2 Å². The lowest BCUT2D eigenvalue weighted by atomic mass is 10.1. The number of hydrogen-bond donors (Lipinski definition) is 5. The Labute approximate surface area is 74.1 Å². The van der Waals surface area contributed by atoms with E-state index in [2.05, 4.69) is 4.99 Å². The molecule has 4 atom stereocenters. The molecule has 0 amide bonds. The molecule has 0 fully saturated rings. The fourth-order valence-electron chi connectivity index (χ4n) is 1.01. The van der Waals surface area contributed by atoms with Crippen LogP contribution in [0, 0.1) is 0 Å². The Bertz CT molecular complexity index is 209. The summed E-state index contributed by atoms with van der Waals surface area (Å²) in [6.45, 7) is -0.631. The molecule has 1 aliphatic rings. The molecule has 0 aromatic heterocycles. The second kappa shape index (κ2) is 3.88.